The second-order valence-corrected chi connectivity index (χ2v) is 9.71. The van der Waals surface area contributed by atoms with Crippen molar-refractivity contribution in [2.75, 3.05) is 10.6 Å². The van der Waals surface area contributed by atoms with Gasteiger partial charge in [0.05, 0.1) is 30.5 Å². The van der Waals surface area contributed by atoms with Gasteiger partial charge in [0.1, 0.15) is 23.1 Å². The standard InChI is InChI=1S/C20H19N3O.C12H12ClN3/c1-14-8-16(13-24)10-18(9-14)19-11-21-12-20(23-19)22-15(2)17-6-4-3-5-7-17;1-9(10-5-3-2-4-6-10)15-12-8-14-7-11(13)16-12/h3-13,15H,1-2H3,(H,22,23);2-9H,1H3,(H,15,16)/t15-;9-/m00/s1. The molecule has 3 aromatic carbocycles. The summed E-state index contributed by atoms with van der Waals surface area (Å²) >= 11 is 5.76. The number of rotatable bonds is 8. The number of hydrogen-bond acceptors (Lipinski definition) is 7. The Kier molecular flexibility index (Phi) is 9.91. The lowest BCUT2D eigenvalue weighted by Gasteiger charge is -2.15. The van der Waals surface area contributed by atoms with Crippen LogP contribution in [-0.4, -0.2) is 26.2 Å². The van der Waals surface area contributed by atoms with Crippen molar-refractivity contribution in [1.29, 1.82) is 0 Å². The van der Waals surface area contributed by atoms with E-state index in [1.165, 1.54) is 17.3 Å². The number of nitrogens with one attached hydrogen (secondary N) is 2. The Hall–Kier alpha value is -4.62. The molecule has 0 saturated carbocycles. The molecule has 2 atom stereocenters. The number of carbonyl (C=O) groups is 1. The number of hydrogen-bond donors (Lipinski definition) is 2. The van der Waals surface area contributed by atoms with E-state index in [-0.39, 0.29) is 12.1 Å². The van der Waals surface area contributed by atoms with Gasteiger partial charge in [-0.2, -0.15) is 0 Å². The van der Waals surface area contributed by atoms with Crippen molar-refractivity contribution in [3.8, 4) is 11.3 Å². The summed E-state index contributed by atoms with van der Waals surface area (Å²) < 4.78 is 0. The Morgan fingerprint density at radius 3 is 1.82 bits per heavy atom. The van der Waals surface area contributed by atoms with E-state index in [1.54, 1.807) is 18.6 Å². The lowest BCUT2D eigenvalue weighted by atomic mass is 10.1. The van der Waals surface area contributed by atoms with Crippen molar-refractivity contribution in [2.45, 2.75) is 32.9 Å². The van der Waals surface area contributed by atoms with Crippen LogP contribution in [0.2, 0.25) is 5.15 Å². The fraction of sp³-hybridized carbons (Fsp3) is 0.156. The van der Waals surface area contributed by atoms with E-state index in [0.717, 1.165) is 23.1 Å². The van der Waals surface area contributed by atoms with E-state index in [1.807, 2.05) is 61.5 Å². The van der Waals surface area contributed by atoms with Crippen LogP contribution in [0.4, 0.5) is 11.6 Å². The number of aryl methyl sites for hydroxylation is 1. The topological polar surface area (TPSA) is 92.7 Å². The quantitative estimate of drug-likeness (QED) is 0.191. The highest BCUT2D eigenvalue weighted by Crippen LogP contribution is 2.23. The molecular weight excluding hydrogens is 520 g/mol. The van der Waals surface area contributed by atoms with Crippen molar-refractivity contribution in [1.82, 2.24) is 19.9 Å². The molecule has 2 N–H and O–H groups in total. The van der Waals surface area contributed by atoms with Crippen molar-refractivity contribution in [3.63, 3.8) is 0 Å². The molecule has 2 aromatic heterocycles. The van der Waals surface area contributed by atoms with Gasteiger partial charge in [0.2, 0.25) is 0 Å². The largest absolute Gasteiger partial charge is 0.362 e. The van der Waals surface area contributed by atoms with Crippen LogP contribution in [0.1, 0.15) is 53.0 Å². The summed E-state index contributed by atoms with van der Waals surface area (Å²) in [5.41, 5.74) is 5.68. The molecule has 0 radical (unpaired) electrons. The highest BCUT2D eigenvalue weighted by atomic mass is 35.5. The predicted octanol–water partition coefficient (Wildman–Crippen LogP) is 7.74. The van der Waals surface area contributed by atoms with Gasteiger partial charge < -0.3 is 10.6 Å². The van der Waals surface area contributed by atoms with Gasteiger partial charge in [-0.05, 0) is 55.7 Å². The summed E-state index contributed by atoms with van der Waals surface area (Å²) in [6.45, 7) is 6.11. The van der Waals surface area contributed by atoms with Gasteiger partial charge >= 0.3 is 0 Å². The first-order valence-corrected chi connectivity index (χ1v) is 13.3. The van der Waals surface area contributed by atoms with Crippen LogP contribution < -0.4 is 10.6 Å². The van der Waals surface area contributed by atoms with Crippen molar-refractivity contribution >= 4 is 29.5 Å². The molecule has 8 heteroatoms. The maximum Gasteiger partial charge on any atom is 0.150 e. The predicted molar refractivity (Wildman–Crippen MR) is 162 cm³/mol. The number of aromatic nitrogens is 4. The van der Waals surface area contributed by atoms with E-state index >= 15 is 0 Å². The molecular formula is C32H31ClN6O. The molecule has 0 aliphatic heterocycles. The van der Waals surface area contributed by atoms with Gasteiger partial charge in [-0.25, -0.2) is 9.97 Å². The minimum Gasteiger partial charge on any atom is -0.362 e. The average Bonchev–Trinajstić information content (AvgIpc) is 2.98. The van der Waals surface area contributed by atoms with E-state index in [9.17, 15) is 4.79 Å². The van der Waals surface area contributed by atoms with Crippen LogP contribution in [0, 0.1) is 6.92 Å². The molecule has 0 aliphatic rings. The van der Waals surface area contributed by atoms with Gasteiger partial charge in [0.15, 0.2) is 0 Å². The molecule has 40 heavy (non-hydrogen) atoms. The number of anilines is 2. The minimum absolute atomic E-state index is 0.124. The molecule has 0 amide bonds. The fourth-order valence-electron chi connectivity index (χ4n) is 4.11. The van der Waals surface area contributed by atoms with Gasteiger partial charge in [0.25, 0.3) is 0 Å². The first kappa shape index (κ1) is 28.4. The third-order valence-corrected chi connectivity index (χ3v) is 6.28. The van der Waals surface area contributed by atoms with Crippen LogP contribution >= 0.6 is 11.6 Å². The van der Waals surface area contributed by atoms with Crippen molar-refractivity contribution < 1.29 is 4.79 Å². The lowest BCUT2D eigenvalue weighted by molar-refractivity contribution is 0.112. The third-order valence-electron chi connectivity index (χ3n) is 6.10. The monoisotopic (exact) mass is 550 g/mol. The Morgan fingerprint density at radius 2 is 1.27 bits per heavy atom. The summed E-state index contributed by atoms with van der Waals surface area (Å²) in [5, 5.41) is 7.00. The molecule has 2 heterocycles. The number of carbonyl (C=O) groups excluding carboxylic acids is 1. The molecule has 5 aromatic rings. The van der Waals surface area contributed by atoms with E-state index in [0.29, 0.717) is 22.4 Å². The summed E-state index contributed by atoms with van der Waals surface area (Å²) in [6.07, 6.45) is 7.44. The first-order chi connectivity index (χ1) is 19.4. The number of nitrogens with zero attached hydrogens (tertiary/aromatic N) is 4. The summed E-state index contributed by atoms with van der Waals surface area (Å²) in [5.74, 6) is 1.39. The summed E-state index contributed by atoms with van der Waals surface area (Å²) in [4.78, 5) is 28.1. The molecule has 0 spiro atoms. The number of benzene rings is 3. The number of aldehydes is 1. The highest BCUT2D eigenvalue weighted by Gasteiger charge is 2.09. The smallest absolute Gasteiger partial charge is 0.150 e. The normalized spacial score (nSPS) is 11.9. The van der Waals surface area contributed by atoms with Crippen molar-refractivity contribution in [2.24, 2.45) is 0 Å². The molecule has 7 nitrogen and oxygen atoms in total. The van der Waals surface area contributed by atoms with E-state index in [4.69, 9.17) is 11.6 Å². The zero-order valence-electron chi connectivity index (χ0n) is 22.6. The fourth-order valence-corrected chi connectivity index (χ4v) is 4.26. The minimum atomic E-state index is 0.124. The maximum atomic E-state index is 11.1. The summed E-state index contributed by atoms with van der Waals surface area (Å²) in [7, 11) is 0. The summed E-state index contributed by atoms with van der Waals surface area (Å²) in [6, 6.07) is 26.3. The Bertz CT molecular complexity index is 1530. The molecule has 0 bridgehead atoms. The zero-order valence-corrected chi connectivity index (χ0v) is 23.4. The second kappa shape index (κ2) is 14.0. The van der Waals surface area contributed by atoms with Gasteiger partial charge in [0, 0.05) is 23.2 Å². The molecule has 0 saturated heterocycles. The maximum absolute atomic E-state index is 11.1. The van der Waals surface area contributed by atoms with Crippen LogP contribution in [0.5, 0.6) is 0 Å². The molecule has 0 unspecified atom stereocenters. The van der Waals surface area contributed by atoms with Crippen LogP contribution in [0.15, 0.2) is 104 Å². The third kappa shape index (κ3) is 8.19. The van der Waals surface area contributed by atoms with Crippen LogP contribution in [-0.2, 0) is 0 Å². The second-order valence-electron chi connectivity index (χ2n) is 9.32. The average molecular weight is 551 g/mol. The van der Waals surface area contributed by atoms with E-state index in [2.05, 4.69) is 68.7 Å². The van der Waals surface area contributed by atoms with E-state index < -0.39 is 0 Å². The Morgan fingerprint density at radius 1 is 0.725 bits per heavy atom. The first-order valence-electron chi connectivity index (χ1n) is 12.9. The molecule has 0 fully saturated rings. The van der Waals surface area contributed by atoms with Crippen LogP contribution in [0.25, 0.3) is 11.3 Å². The van der Waals surface area contributed by atoms with Crippen LogP contribution in [0.3, 0.4) is 0 Å². The highest BCUT2D eigenvalue weighted by molar-refractivity contribution is 6.29. The Balaban J connectivity index is 0.000000201. The number of halogens is 1. The molecule has 5 rings (SSSR count). The SMILES string of the molecule is C[C@H](Nc1cncc(Cl)n1)c1ccccc1.Cc1cc(C=O)cc(-c2cncc(N[C@@H](C)c3ccccc3)n2)c1. The molecule has 0 aliphatic carbocycles. The van der Waals surface area contributed by atoms with Crippen molar-refractivity contribution in [3.05, 3.63) is 131 Å². The Labute approximate surface area is 239 Å². The van der Waals surface area contributed by atoms with Gasteiger partial charge in [-0.15, -0.1) is 0 Å². The zero-order chi connectivity index (χ0) is 28.3. The van der Waals surface area contributed by atoms with Gasteiger partial charge in [-0.1, -0.05) is 72.3 Å². The molecule has 202 valence electrons. The van der Waals surface area contributed by atoms with Gasteiger partial charge in [-0.3, -0.25) is 14.8 Å². The lowest BCUT2D eigenvalue weighted by Crippen LogP contribution is -2.08.